The number of carboxylic acids is 1. The number of ether oxygens (including phenoxy) is 2. The molecule has 0 aromatic heterocycles. The first kappa shape index (κ1) is 40.0. The maximum absolute atomic E-state index is 14.8. The number of allylic oxidation sites excluding steroid dienone is 1. The second kappa shape index (κ2) is 17.4. The fraction of sp³-hybridized carbons (Fsp3) is 0.512. The minimum atomic E-state index is -1.06. The Hall–Kier alpha value is -5.70. The average Bonchev–Trinajstić information content (AvgIpc) is 4.00. The van der Waals surface area contributed by atoms with E-state index in [9.17, 15) is 28.0 Å². The van der Waals surface area contributed by atoms with Crippen LogP contribution in [0.2, 0.25) is 0 Å². The lowest BCUT2D eigenvalue weighted by molar-refractivity contribution is -0.134. The van der Waals surface area contributed by atoms with Crippen molar-refractivity contribution in [2.45, 2.75) is 64.6 Å². The summed E-state index contributed by atoms with van der Waals surface area (Å²) in [6.45, 7) is 13.5. The number of carbonyl (C=O) groups is 4. The van der Waals surface area contributed by atoms with Gasteiger partial charge in [0.15, 0.2) is 0 Å². The number of halogens is 2. The highest BCUT2D eigenvalue weighted by atomic mass is 19.1. The first-order valence-corrected chi connectivity index (χ1v) is 19.1. The molecule has 6 aliphatic rings. The van der Waals surface area contributed by atoms with E-state index in [1.54, 1.807) is 24.3 Å². The van der Waals surface area contributed by atoms with Gasteiger partial charge in [0, 0.05) is 39.0 Å². The molecule has 2 aromatic carbocycles. The molecule has 2 amide bonds. The summed E-state index contributed by atoms with van der Waals surface area (Å²) >= 11 is 0. The van der Waals surface area contributed by atoms with E-state index >= 15 is 0 Å². The molecule has 2 aromatic rings. The van der Waals surface area contributed by atoms with Gasteiger partial charge in [-0.05, 0) is 79.3 Å². The molecule has 13 nitrogen and oxygen atoms in total. The summed E-state index contributed by atoms with van der Waals surface area (Å²) in [4.78, 5) is 54.4. The largest absolute Gasteiger partial charge is 0.476 e. The number of carboxylic acid groups (broad SMARTS) is 1. The molecule has 0 spiro atoms. The van der Waals surface area contributed by atoms with Gasteiger partial charge in [-0.25, -0.2) is 29.7 Å². The van der Waals surface area contributed by atoms with Crippen molar-refractivity contribution >= 4 is 46.7 Å². The lowest BCUT2D eigenvalue weighted by atomic mass is 9.99. The third-order valence-corrected chi connectivity index (χ3v) is 11.4. The Morgan fingerprint density at radius 2 is 1.32 bits per heavy atom. The number of rotatable bonds is 8. The van der Waals surface area contributed by atoms with Gasteiger partial charge in [0.1, 0.15) is 29.6 Å². The zero-order chi connectivity index (χ0) is 40.1. The molecule has 5 fully saturated rings. The minimum Gasteiger partial charge on any atom is -0.476 e. The Bertz CT molecular complexity index is 1950. The molecule has 0 bridgehead atoms. The van der Waals surface area contributed by atoms with E-state index in [0.717, 1.165) is 45.4 Å². The molecule has 4 unspecified atom stereocenters. The third kappa shape index (κ3) is 8.88. The molecule has 296 valence electrons. The molecular formula is C41H46F2N6O7. The number of fused-ring (bicyclic) bond motifs is 2. The number of nitriles is 1. The van der Waals surface area contributed by atoms with Crippen LogP contribution >= 0.6 is 0 Å². The van der Waals surface area contributed by atoms with Crippen LogP contribution in [0.1, 0.15) is 52.4 Å². The minimum absolute atomic E-state index is 0.127. The lowest BCUT2D eigenvalue weighted by Gasteiger charge is -2.22. The maximum atomic E-state index is 14.8. The zero-order valence-electron chi connectivity index (χ0n) is 31.5. The Morgan fingerprint density at radius 1 is 0.821 bits per heavy atom. The molecular weight excluding hydrogens is 726 g/mol. The van der Waals surface area contributed by atoms with Gasteiger partial charge in [0.05, 0.1) is 48.3 Å². The summed E-state index contributed by atoms with van der Waals surface area (Å²) in [6, 6.07) is 12.1. The number of aliphatic carboxylic acids is 1. The van der Waals surface area contributed by atoms with Crippen LogP contribution < -0.4 is 19.6 Å². The molecule has 4 aliphatic heterocycles. The Morgan fingerprint density at radius 3 is 1.71 bits per heavy atom. The second-order valence-corrected chi connectivity index (χ2v) is 15.1. The van der Waals surface area contributed by atoms with E-state index in [-0.39, 0.29) is 23.8 Å². The number of amides is 2. The quantitative estimate of drug-likeness (QED) is 0.224. The normalized spacial score (nSPS) is 26.0. The van der Waals surface area contributed by atoms with E-state index in [0.29, 0.717) is 84.6 Å². The molecule has 15 heteroatoms. The Balaban J connectivity index is 0.000000166. The Kier molecular flexibility index (Phi) is 12.4. The van der Waals surface area contributed by atoms with Crippen molar-refractivity contribution in [1.82, 2.24) is 0 Å². The fourth-order valence-corrected chi connectivity index (χ4v) is 8.50. The highest BCUT2D eigenvalue weighted by Gasteiger charge is 2.41. The second-order valence-electron chi connectivity index (χ2n) is 15.1. The predicted octanol–water partition coefficient (Wildman–Crippen LogP) is 6.82. The van der Waals surface area contributed by atoms with Crippen LogP contribution in [-0.4, -0.2) is 87.1 Å². The van der Waals surface area contributed by atoms with Gasteiger partial charge in [-0.15, -0.1) is 0 Å². The van der Waals surface area contributed by atoms with Crippen molar-refractivity contribution in [2.75, 3.05) is 65.4 Å². The number of nitrogens with zero attached hydrogens (tertiary/aromatic N) is 6. The number of cyclic esters (lactones) is 2. The van der Waals surface area contributed by atoms with Crippen LogP contribution in [0.25, 0.3) is 4.85 Å². The maximum Gasteiger partial charge on any atom is 0.414 e. The summed E-state index contributed by atoms with van der Waals surface area (Å²) in [7, 11) is 0. The number of hydrogen-bond acceptors (Lipinski definition) is 9. The third-order valence-electron chi connectivity index (χ3n) is 11.4. The lowest BCUT2D eigenvalue weighted by Crippen LogP contribution is -2.26. The SMILES string of the molecule is CC[C@H]1CN(c2ccc(N3CC4C=C(CC#N)CC4C3)c(F)c2)C(=O)O1.CC[C@H]1CN(c2ccc(N3CC4CC(=O)CC4C3)c(F)c2)C(=O)O1.[C-]#[N+]CC(=O)O. The van der Waals surface area contributed by atoms with Crippen molar-refractivity contribution in [2.24, 2.45) is 23.7 Å². The highest BCUT2D eigenvalue weighted by molar-refractivity contribution is 5.91. The number of carbonyl (C=O) groups excluding carboxylic acids is 3. The smallest absolute Gasteiger partial charge is 0.414 e. The highest BCUT2D eigenvalue weighted by Crippen LogP contribution is 2.42. The summed E-state index contributed by atoms with van der Waals surface area (Å²) < 4.78 is 39.9. The average molecular weight is 773 g/mol. The van der Waals surface area contributed by atoms with Crippen molar-refractivity contribution < 1.29 is 42.5 Å². The van der Waals surface area contributed by atoms with Crippen molar-refractivity contribution in [3.63, 3.8) is 0 Å². The molecule has 2 aliphatic carbocycles. The molecule has 0 radical (unpaired) electrons. The standard InChI is InChI=1S/C20H22FN3O2.C18H21FN2O3.C3H3NO2/c1-2-17-12-24(20(25)26-17)16-3-4-19(18(21)9-16)23-10-14-7-13(5-6-22)8-15(14)11-23;1-2-15-10-21(18(23)24-15)13-3-4-17(16(19)7-13)20-8-11-5-14(22)6-12(11)9-20;1-4-2-3(5)6/h3-4,7,9,14-15,17H,2,5,8,10-12H2,1H3;3-4,7,11-12,15H,2,5-6,8-10H2,1H3;2H2,(H,5,6)/t14?,15?,17-;11?,12?,15-;/m00./s1. The Labute approximate surface area is 324 Å². The number of benzene rings is 2. The van der Waals surface area contributed by atoms with E-state index in [4.69, 9.17) is 26.4 Å². The summed E-state index contributed by atoms with van der Waals surface area (Å²) in [5.41, 5.74) is 3.43. The van der Waals surface area contributed by atoms with Crippen molar-refractivity contribution in [1.29, 1.82) is 5.26 Å². The molecule has 4 heterocycles. The van der Waals surface area contributed by atoms with E-state index in [1.807, 2.05) is 18.7 Å². The fourth-order valence-electron chi connectivity index (χ4n) is 8.50. The summed E-state index contributed by atoms with van der Waals surface area (Å²) in [5.74, 6) is 0.213. The molecule has 1 saturated carbocycles. The van der Waals surface area contributed by atoms with Crippen LogP contribution in [0, 0.1) is 53.2 Å². The summed E-state index contributed by atoms with van der Waals surface area (Å²) in [5, 5.41) is 16.5. The van der Waals surface area contributed by atoms with Gasteiger partial charge in [-0.3, -0.25) is 14.6 Å². The van der Waals surface area contributed by atoms with Gasteiger partial charge >= 0.3 is 24.7 Å². The zero-order valence-corrected chi connectivity index (χ0v) is 31.5. The number of ketones is 1. The molecule has 6 atom stereocenters. The van der Waals surface area contributed by atoms with E-state index < -0.39 is 24.7 Å². The topological polar surface area (TPSA) is 148 Å². The molecule has 1 N–H and O–H groups in total. The molecule has 8 rings (SSSR count). The van der Waals surface area contributed by atoms with Gasteiger partial charge in [-0.1, -0.05) is 25.5 Å². The number of anilines is 4. The molecule has 4 saturated heterocycles. The first-order valence-electron chi connectivity index (χ1n) is 19.1. The first-order chi connectivity index (χ1) is 26.9. The van der Waals surface area contributed by atoms with Gasteiger partial charge in [0.2, 0.25) is 0 Å². The van der Waals surface area contributed by atoms with Crippen LogP contribution in [0.4, 0.5) is 41.1 Å². The van der Waals surface area contributed by atoms with Crippen LogP contribution in [0.15, 0.2) is 48.0 Å². The van der Waals surface area contributed by atoms with E-state index in [2.05, 4.69) is 21.9 Å². The van der Waals surface area contributed by atoms with Crippen LogP contribution in [-0.2, 0) is 19.1 Å². The predicted molar refractivity (Wildman–Crippen MR) is 203 cm³/mol. The van der Waals surface area contributed by atoms with Crippen molar-refractivity contribution in [3.05, 3.63) is 71.1 Å². The monoisotopic (exact) mass is 772 g/mol. The van der Waals surface area contributed by atoms with Crippen LogP contribution in [0.3, 0.4) is 0 Å². The van der Waals surface area contributed by atoms with Gasteiger partial charge in [0.25, 0.3) is 0 Å². The van der Waals surface area contributed by atoms with Gasteiger partial charge < -0.3 is 29.2 Å². The number of Topliss-reactive ketones (excluding diaryl/α,β-unsaturated/α-hetero) is 1. The number of hydrogen-bond donors (Lipinski definition) is 1. The summed E-state index contributed by atoms with van der Waals surface area (Å²) in [6.07, 6.45) is 5.31. The van der Waals surface area contributed by atoms with Crippen molar-refractivity contribution in [3.8, 4) is 6.07 Å². The van der Waals surface area contributed by atoms with Crippen LogP contribution in [0.5, 0.6) is 0 Å². The van der Waals surface area contributed by atoms with Gasteiger partial charge in [-0.2, -0.15) is 5.26 Å². The van der Waals surface area contributed by atoms with E-state index in [1.165, 1.54) is 27.5 Å². The molecule has 56 heavy (non-hydrogen) atoms.